The van der Waals surface area contributed by atoms with Crippen molar-refractivity contribution < 1.29 is 24.2 Å². The number of carbonyl (C=O) groups is 2. The van der Waals surface area contributed by atoms with Crippen LogP contribution in [0.5, 0.6) is 11.5 Å². The Morgan fingerprint density at radius 1 is 1.00 bits per heavy atom. The number of nitrogens with zero attached hydrogens (tertiary/aromatic N) is 1. The van der Waals surface area contributed by atoms with Gasteiger partial charge in [-0.3, -0.25) is 9.59 Å². The summed E-state index contributed by atoms with van der Waals surface area (Å²) in [6, 6.07) is 10.9. The standard InChI is InChI=1S/C21H23NO5/c1-26-18-8-14(9-19(11-18)27-2)12-22(13-20(23)24)21(25)17-7-6-15-4-3-5-16(15)10-17/h6-11H,3-5,12-13H2,1-2H3,(H,23,24). The lowest BCUT2D eigenvalue weighted by molar-refractivity contribution is -0.137. The van der Waals surface area contributed by atoms with E-state index in [0.29, 0.717) is 17.1 Å². The first-order chi connectivity index (χ1) is 13.0. The number of carboxylic acids is 1. The van der Waals surface area contributed by atoms with E-state index in [2.05, 4.69) is 0 Å². The van der Waals surface area contributed by atoms with Crippen molar-refractivity contribution in [2.24, 2.45) is 0 Å². The van der Waals surface area contributed by atoms with Crippen molar-refractivity contribution in [3.05, 3.63) is 58.7 Å². The van der Waals surface area contributed by atoms with Gasteiger partial charge in [0.1, 0.15) is 18.0 Å². The van der Waals surface area contributed by atoms with Crippen LogP contribution in [0.25, 0.3) is 0 Å². The summed E-state index contributed by atoms with van der Waals surface area (Å²) in [7, 11) is 3.09. The van der Waals surface area contributed by atoms with Gasteiger partial charge in [-0.05, 0) is 60.2 Å². The predicted molar refractivity (Wildman–Crippen MR) is 100 cm³/mol. The second-order valence-electron chi connectivity index (χ2n) is 6.61. The van der Waals surface area contributed by atoms with Gasteiger partial charge in [0.25, 0.3) is 5.91 Å². The molecule has 0 bridgehead atoms. The zero-order valence-corrected chi connectivity index (χ0v) is 15.5. The molecule has 0 atom stereocenters. The molecule has 2 aromatic carbocycles. The van der Waals surface area contributed by atoms with Gasteiger partial charge in [-0.15, -0.1) is 0 Å². The number of aryl methyl sites for hydroxylation is 2. The Hall–Kier alpha value is -3.02. The van der Waals surface area contributed by atoms with Crippen molar-refractivity contribution in [3.8, 4) is 11.5 Å². The summed E-state index contributed by atoms with van der Waals surface area (Å²) in [5, 5.41) is 9.27. The first-order valence-electron chi connectivity index (χ1n) is 8.85. The highest BCUT2D eigenvalue weighted by atomic mass is 16.5. The maximum Gasteiger partial charge on any atom is 0.323 e. The van der Waals surface area contributed by atoms with Gasteiger partial charge in [-0.1, -0.05) is 6.07 Å². The van der Waals surface area contributed by atoms with E-state index in [1.807, 2.05) is 12.1 Å². The average Bonchev–Trinajstić information content (AvgIpc) is 3.13. The lowest BCUT2D eigenvalue weighted by atomic mass is 10.1. The molecule has 0 aromatic heterocycles. The van der Waals surface area contributed by atoms with Crippen LogP contribution in [0.15, 0.2) is 36.4 Å². The van der Waals surface area contributed by atoms with Gasteiger partial charge in [0.15, 0.2) is 0 Å². The van der Waals surface area contributed by atoms with Gasteiger partial charge in [0.05, 0.1) is 14.2 Å². The minimum absolute atomic E-state index is 0.149. The van der Waals surface area contributed by atoms with Crippen molar-refractivity contribution >= 4 is 11.9 Å². The van der Waals surface area contributed by atoms with Crippen LogP contribution >= 0.6 is 0 Å². The Bertz CT molecular complexity index is 839. The molecular weight excluding hydrogens is 346 g/mol. The molecule has 0 heterocycles. The molecule has 0 unspecified atom stereocenters. The van der Waals surface area contributed by atoms with Crippen LogP contribution in [-0.2, 0) is 24.2 Å². The Balaban J connectivity index is 1.87. The Morgan fingerprint density at radius 2 is 1.67 bits per heavy atom. The van der Waals surface area contributed by atoms with Gasteiger partial charge < -0.3 is 19.5 Å². The van der Waals surface area contributed by atoms with Crippen LogP contribution in [0, 0.1) is 0 Å². The number of benzene rings is 2. The summed E-state index contributed by atoms with van der Waals surface area (Å²) >= 11 is 0. The van der Waals surface area contributed by atoms with Crippen LogP contribution in [0.1, 0.15) is 33.5 Å². The van der Waals surface area contributed by atoms with E-state index in [4.69, 9.17) is 9.47 Å². The molecule has 1 aliphatic rings. The number of fused-ring (bicyclic) bond motifs is 1. The average molecular weight is 369 g/mol. The summed E-state index contributed by atoms with van der Waals surface area (Å²) in [6.07, 6.45) is 3.09. The summed E-state index contributed by atoms with van der Waals surface area (Å²) in [4.78, 5) is 25.6. The summed E-state index contributed by atoms with van der Waals surface area (Å²) in [6.45, 7) is -0.231. The second-order valence-corrected chi connectivity index (χ2v) is 6.61. The molecule has 0 saturated carbocycles. The number of hydrogen-bond acceptors (Lipinski definition) is 4. The largest absolute Gasteiger partial charge is 0.497 e. The summed E-state index contributed by atoms with van der Waals surface area (Å²) < 4.78 is 10.5. The molecule has 142 valence electrons. The zero-order valence-electron chi connectivity index (χ0n) is 15.5. The van der Waals surface area contributed by atoms with E-state index in [1.54, 1.807) is 38.5 Å². The smallest absolute Gasteiger partial charge is 0.323 e. The monoisotopic (exact) mass is 369 g/mol. The van der Waals surface area contributed by atoms with Crippen molar-refractivity contribution in [1.29, 1.82) is 0 Å². The highest BCUT2D eigenvalue weighted by Crippen LogP contribution is 2.26. The van der Waals surface area contributed by atoms with Gasteiger partial charge in [-0.2, -0.15) is 0 Å². The van der Waals surface area contributed by atoms with Crippen LogP contribution < -0.4 is 9.47 Å². The number of ether oxygens (including phenoxy) is 2. The fourth-order valence-corrected chi connectivity index (χ4v) is 3.43. The minimum atomic E-state index is -1.06. The van der Waals surface area contributed by atoms with E-state index < -0.39 is 5.97 Å². The molecule has 27 heavy (non-hydrogen) atoms. The molecule has 0 fully saturated rings. The SMILES string of the molecule is COc1cc(CN(CC(=O)O)C(=O)c2ccc3c(c2)CCC3)cc(OC)c1. The second kappa shape index (κ2) is 8.12. The van der Waals surface area contributed by atoms with Crippen LogP contribution in [0.3, 0.4) is 0 Å². The van der Waals surface area contributed by atoms with Crippen molar-refractivity contribution in [2.45, 2.75) is 25.8 Å². The number of carboxylic acid groups (broad SMARTS) is 1. The molecule has 0 radical (unpaired) electrons. The normalized spacial score (nSPS) is 12.4. The molecule has 0 aliphatic heterocycles. The third-order valence-electron chi connectivity index (χ3n) is 4.74. The van der Waals surface area contributed by atoms with E-state index in [9.17, 15) is 14.7 Å². The van der Waals surface area contributed by atoms with Crippen molar-refractivity contribution in [1.82, 2.24) is 4.90 Å². The fourth-order valence-electron chi connectivity index (χ4n) is 3.43. The molecule has 3 rings (SSSR count). The minimum Gasteiger partial charge on any atom is -0.497 e. The van der Waals surface area contributed by atoms with E-state index in [-0.39, 0.29) is 19.0 Å². The lowest BCUT2D eigenvalue weighted by Gasteiger charge is -2.22. The molecule has 2 aromatic rings. The number of methoxy groups -OCH3 is 2. The third-order valence-corrected chi connectivity index (χ3v) is 4.74. The molecular formula is C21H23NO5. The van der Waals surface area contributed by atoms with Crippen LogP contribution in [0.4, 0.5) is 0 Å². The molecule has 0 saturated heterocycles. The van der Waals surface area contributed by atoms with Gasteiger partial charge >= 0.3 is 5.97 Å². The van der Waals surface area contributed by atoms with Crippen molar-refractivity contribution in [3.63, 3.8) is 0 Å². The predicted octanol–water partition coefficient (Wildman–Crippen LogP) is 2.92. The Labute approximate surface area is 158 Å². The maximum absolute atomic E-state index is 13.0. The van der Waals surface area contributed by atoms with Gasteiger partial charge in [0, 0.05) is 18.2 Å². The summed E-state index contributed by atoms with van der Waals surface area (Å²) in [5.41, 5.74) is 3.71. The van der Waals surface area contributed by atoms with Crippen LogP contribution in [-0.4, -0.2) is 42.6 Å². The molecule has 1 aliphatic carbocycles. The fraction of sp³-hybridized carbons (Fsp3) is 0.333. The molecule has 0 spiro atoms. The first-order valence-corrected chi connectivity index (χ1v) is 8.85. The molecule has 1 N–H and O–H groups in total. The highest BCUT2D eigenvalue weighted by molar-refractivity contribution is 5.96. The molecule has 1 amide bonds. The van der Waals surface area contributed by atoms with E-state index in [1.165, 1.54) is 16.0 Å². The Kier molecular flexibility index (Phi) is 5.64. The summed E-state index contributed by atoms with van der Waals surface area (Å²) in [5.74, 6) is -0.178. The van der Waals surface area contributed by atoms with E-state index in [0.717, 1.165) is 24.8 Å². The molecule has 6 heteroatoms. The lowest BCUT2D eigenvalue weighted by Crippen LogP contribution is -2.35. The number of rotatable bonds is 7. The quantitative estimate of drug-likeness (QED) is 0.812. The number of amides is 1. The topological polar surface area (TPSA) is 76.1 Å². The van der Waals surface area contributed by atoms with Gasteiger partial charge in [0.2, 0.25) is 0 Å². The van der Waals surface area contributed by atoms with Crippen molar-refractivity contribution in [2.75, 3.05) is 20.8 Å². The maximum atomic E-state index is 13.0. The number of carbonyl (C=O) groups excluding carboxylic acids is 1. The van der Waals surface area contributed by atoms with Crippen LogP contribution in [0.2, 0.25) is 0 Å². The highest BCUT2D eigenvalue weighted by Gasteiger charge is 2.21. The van der Waals surface area contributed by atoms with Gasteiger partial charge in [-0.25, -0.2) is 0 Å². The third kappa shape index (κ3) is 4.39. The number of aliphatic carboxylic acids is 1. The first kappa shape index (κ1) is 18.8. The Morgan fingerprint density at radius 3 is 2.30 bits per heavy atom. The van der Waals surface area contributed by atoms with E-state index >= 15 is 0 Å². The number of hydrogen-bond donors (Lipinski definition) is 1. The molecule has 6 nitrogen and oxygen atoms in total. The zero-order chi connectivity index (χ0) is 19.4.